The summed E-state index contributed by atoms with van der Waals surface area (Å²) in [5, 5.41) is 10.7. The van der Waals surface area contributed by atoms with Crippen molar-refractivity contribution in [2.24, 2.45) is 0 Å². The molecule has 0 saturated heterocycles. The molecule has 5 aromatic carbocycles. The maximum absolute atomic E-state index is 10.7. The lowest BCUT2D eigenvalue weighted by Crippen LogP contribution is -2.31. The van der Waals surface area contributed by atoms with Gasteiger partial charge >= 0.3 is 0 Å². The number of anilines is 6. The molecule has 0 atom stereocenters. The van der Waals surface area contributed by atoms with E-state index in [0.717, 1.165) is 45.3 Å². The Morgan fingerprint density at radius 3 is 1.41 bits per heavy atom. The van der Waals surface area contributed by atoms with Gasteiger partial charge in [0.15, 0.2) is 0 Å². The molecule has 4 nitrogen and oxygen atoms in total. The van der Waals surface area contributed by atoms with Crippen molar-refractivity contribution in [2.75, 3.05) is 9.80 Å². The van der Waals surface area contributed by atoms with Gasteiger partial charge < -0.3 is 9.80 Å². The molecule has 0 radical (unpaired) electrons. The van der Waals surface area contributed by atoms with Gasteiger partial charge in [0.1, 0.15) is 6.07 Å². The first-order valence-corrected chi connectivity index (χ1v) is 15.8. The Hall–Kier alpha value is -5.66. The van der Waals surface area contributed by atoms with Crippen molar-refractivity contribution in [1.82, 2.24) is 4.98 Å². The third-order valence-corrected chi connectivity index (χ3v) is 9.98. The number of para-hydroxylation sites is 4. The number of pyridine rings is 1. The van der Waals surface area contributed by atoms with Gasteiger partial charge in [-0.15, -0.1) is 0 Å². The highest BCUT2D eigenvalue weighted by molar-refractivity contribution is 5.94. The number of nitrogens with zero attached hydrogens (tertiary/aromatic N) is 4. The highest BCUT2D eigenvalue weighted by Crippen LogP contribution is 2.54. The minimum Gasteiger partial charge on any atom is -0.309 e. The summed E-state index contributed by atoms with van der Waals surface area (Å²) in [6, 6.07) is 45.3. The van der Waals surface area contributed by atoms with Crippen LogP contribution >= 0.6 is 0 Å². The van der Waals surface area contributed by atoms with Crippen molar-refractivity contribution in [3.8, 4) is 17.2 Å². The number of rotatable bonds is 3. The van der Waals surface area contributed by atoms with Gasteiger partial charge in [-0.05, 0) is 70.3 Å². The van der Waals surface area contributed by atoms with Crippen LogP contribution in [0.15, 0.2) is 134 Å². The Balaban J connectivity index is 1.31. The van der Waals surface area contributed by atoms with E-state index in [1.807, 2.05) is 18.5 Å². The third-order valence-electron chi connectivity index (χ3n) is 9.98. The summed E-state index contributed by atoms with van der Waals surface area (Å²) in [4.78, 5) is 9.19. The maximum Gasteiger partial charge on any atom is 0.101 e. The highest BCUT2D eigenvalue weighted by Gasteiger charge is 2.38. The molecule has 6 aromatic rings. The van der Waals surface area contributed by atoms with Crippen LogP contribution in [-0.4, -0.2) is 4.98 Å². The van der Waals surface area contributed by atoms with E-state index in [9.17, 15) is 5.26 Å². The topological polar surface area (TPSA) is 43.2 Å². The molecular formula is C42H34N4. The summed E-state index contributed by atoms with van der Waals surface area (Å²) in [5.41, 5.74) is 13.6. The van der Waals surface area contributed by atoms with Crippen LogP contribution in [0.1, 0.15) is 55.5 Å². The molecule has 0 N–H and O–H groups in total. The van der Waals surface area contributed by atoms with Crippen molar-refractivity contribution in [3.05, 3.63) is 162 Å². The second-order valence-corrected chi connectivity index (χ2v) is 13.2. The summed E-state index contributed by atoms with van der Waals surface area (Å²) in [6.07, 6.45) is 3.78. The van der Waals surface area contributed by atoms with E-state index in [1.165, 1.54) is 22.3 Å². The number of hydrogen-bond acceptors (Lipinski definition) is 4. The Kier molecular flexibility index (Phi) is 6.17. The zero-order valence-corrected chi connectivity index (χ0v) is 26.5. The van der Waals surface area contributed by atoms with E-state index in [4.69, 9.17) is 0 Å². The molecule has 3 heterocycles. The van der Waals surface area contributed by atoms with Gasteiger partial charge in [-0.2, -0.15) is 5.26 Å². The van der Waals surface area contributed by atoms with E-state index in [2.05, 4.69) is 164 Å². The summed E-state index contributed by atoms with van der Waals surface area (Å²) in [5.74, 6) is 0. The Labute approximate surface area is 270 Å². The zero-order chi connectivity index (χ0) is 31.6. The van der Waals surface area contributed by atoms with Gasteiger partial charge in [0.25, 0.3) is 0 Å². The average molecular weight is 595 g/mol. The number of nitriles is 1. The smallest absolute Gasteiger partial charge is 0.101 e. The van der Waals surface area contributed by atoms with Crippen LogP contribution < -0.4 is 9.80 Å². The second-order valence-electron chi connectivity index (χ2n) is 13.2. The Morgan fingerprint density at radius 2 is 0.957 bits per heavy atom. The average Bonchev–Trinajstić information content (AvgIpc) is 3.09. The van der Waals surface area contributed by atoms with Crippen molar-refractivity contribution in [1.29, 1.82) is 5.26 Å². The standard InChI is InChI=1S/C42H34N4/c1-41(2)31-13-5-9-17-37(31)45(38-18-10-6-14-32(38)41)35-22-21-28(25-29(35)26-43)30-27-44-24-23-36(30)46-39-19-11-7-15-33(39)42(3,4)34-16-8-12-20-40(34)46/h5-25,27H,1-4H3. The number of benzene rings is 5. The summed E-state index contributed by atoms with van der Waals surface area (Å²) < 4.78 is 0. The number of hydrogen-bond donors (Lipinski definition) is 0. The van der Waals surface area contributed by atoms with Crippen LogP contribution in [0, 0.1) is 11.3 Å². The van der Waals surface area contributed by atoms with E-state index in [1.54, 1.807) is 0 Å². The lowest BCUT2D eigenvalue weighted by Gasteiger charge is -2.42. The molecule has 0 aliphatic carbocycles. The predicted octanol–water partition coefficient (Wildman–Crippen LogP) is 10.8. The largest absolute Gasteiger partial charge is 0.309 e. The molecule has 222 valence electrons. The zero-order valence-electron chi connectivity index (χ0n) is 26.5. The fourth-order valence-corrected chi connectivity index (χ4v) is 7.65. The van der Waals surface area contributed by atoms with Gasteiger partial charge in [0.2, 0.25) is 0 Å². The lowest BCUT2D eigenvalue weighted by molar-refractivity contribution is 0.631. The van der Waals surface area contributed by atoms with Gasteiger partial charge in [-0.25, -0.2) is 0 Å². The molecule has 8 rings (SSSR count). The van der Waals surface area contributed by atoms with Gasteiger partial charge in [-0.3, -0.25) is 4.98 Å². The van der Waals surface area contributed by atoms with E-state index in [0.29, 0.717) is 5.56 Å². The first-order valence-electron chi connectivity index (χ1n) is 15.8. The third kappa shape index (κ3) is 3.95. The molecule has 2 aliphatic heterocycles. The molecule has 2 aliphatic rings. The van der Waals surface area contributed by atoms with E-state index in [-0.39, 0.29) is 10.8 Å². The van der Waals surface area contributed by atoms with E-state index < -0.39 is 0 Å². The first kappa shape index (κ1) is 27.9. The lowest BCUT2D eigenvalue weighted by atomic mass is 9.73. The molecular weight excluding hydrogens is 560 g/mol. The Bertz CT molecular complexity index is 2100. The minimum absolute atomic E-state index is 0.151. The van der Waals surface area contributed by atoms with Crippen molar-refractivity contribution < 1.29 is 0 Å². The predicted molar refractivity (Wildman–Crippen MR) is 188 cm³/mol. The summed E-state index contributed by atoms with van der Waals surface area (Å²) >= 11 is 0. The van der Waals surface area contributed by atoms with Crippen molar-refractivity contribution in [3.63, 3.8) is 0 Å². The minimum atomic E-state index is -0.170. The highest BCUT2D eigenvalue weighted by atomic mass is 15.2. The molecule has 0 spiro atoms. The molecule has 0 fully saturated rings. The van der Waals surface area contributed by atoms with E-state index >= 15 is 0 Å². The summed E-state index contributed by atoms with van der Waals surface area (Å²) in [7, 11) is 0. The SMILES string of the molecule is CC1(C)c2ccccc2N(c2ccc(-c3cnccc3N3c4ccccc4C(C)(C)c4ccccc43)cc2C#N)c2ccccc21. The Morgan fingerprint density at radius 1 is 0.522 bits per heavy atom. The van der Waals surface area contributed by atoms with Crippen LogP contribution in [0.2, 0.25) is 0 Å². The molecule has 0 bridgehead atoms. The molecule has 46 heavy (non-hydrogen) atoms. The normalized spacial score (nSPS) is 15.2. The van der Waals surface area contributed by atoms with Crippen LogP contribution in [0.3, 0.4) is 0 Å². The van der Waals surface area contributed by atoms with Gasteiger partial charge in [0.05, 0.1) is 39.7 Å². The maximum atomic E-state index is 10.7. The fourth-order valence-electron chi connectivity index (χ4n) is 7.65. The van der Waals surface area contributed by atoms with Crippen molar-refractivity contribution >= 4 is 34.1 Å². The monoisotopic (exact) mass is 594 g/mol. The second kappa shape index (κ2) is 10.2. The number of aromatic nitrogens is 1. The first-order chi connectivity index (χ1) is 22.3. The van der Waals surface area contributed by atoms with Gasteiger partial charge in [-0.1, -0.05) is 107 Å². The fraction of sp³-hybridized carbons (Fsp3) is 0.143. The molecule has 0 unspecified atom stereocenters. The van der Waals surface area contributed by atoms with Crippen LogP contribution in [0.25, 0.3) is 11.1 Å². The van der Waals surface area contributed by atoms with Crippen LogP contribution in [-0.2, 0) is 10.8 Å². The van der Waals surface area contributed by atoms with Crippen LogP contribution in [0.4, 0.5) is 34.1 Å². The molecule has 0 amide bonds. The van der Waals surface area contributed by atoms with Crippen molar-refractivity contribution in [2.45, 2.75) is 38.5 Å². The summed E-state index contributed by atoms with van der Waals surface area (Å²) in [6.45, 7) is 9.15. The molecule has 1 aromatic heterocycles. The molecule has 0 saturated carbocycles. The quantitative estimate of drug-likeness (QED) is 0.204. The van der Waals surface area contributed by atoms with Crippen LogP contribution in [0.5, 0.6) is 0 Å². The number of fused-ring (bicyclic) bond motifs is 4. The molecule has 4 heteroatoms. The van der Waals surface area contributed by atoms with Gasteiger partial charge in [0, 0.05) is 28.8 Å².